The van der Waals surface area contributed by atoms with Crippen LogP contribution in [0, 0.1) is 5.92 Å². The highest BCUT2D eigenvalue weighted by atomic mass is 16.6. The van der Waals surface area contributed by atoms with Crippen LogP contribution >= 0.6 is 0 Å². The van der Waals surface area contributed by atoms with E-state index >= 15 is 0 Å². The molecule has 0 radical (unpaired) electrons. The third-order valence-electron chi connectivity index (χ3n) is 6.17. The molecule has 0 aromatic carbocycles. The van der Waals surface area contributed by atoms with Gasteiger partial charge >= 0.3 is 23.9 Å². The molecule has 0 fully saturated rings. The van der Waals surface area contributed by atoms with Crippen molar-refractivity contribution in [3.8, 4) is 0 Å². The second kappa shape index (κ2) is 21.2. The number of esters is 3. The minimum Gasteiger partial charge on any atom is -0.479 e. The molecule has 0 aromatic heterocycles. The number of aliphatic hydroxyl groups is 1. The molecular weight excluding hydrogens is 464 g/mol. The largest absolute Gasteiger partial charge is 0.479 e. The smallest absolute Gasteiger partial charge is 0.336 e. The van der Waals surface area contributed by atoms with E-state index in [1.807, 2.05) is 6.92 Å². The highest BCUT2D eigenvalue weighted by Crippen LogP contribution is 2.19. The molecule has 0 saturated heterocycles. The predicted octanol–water partition coefficient (Wildman–Crippen LogP) is 6.11. The molecule has 0 aliphatic heterocycles. The van der Waals surface area contributed by atoms with Crippen LogP contribution < -0.4 is 0 Å². The van der Waals surface area contributed by atoms with E-state index in [9.17, 15) is 29.4 Å². The zero-order chi connectivity index (χ0) is 27.2. The number of rotatable bonds is 23. The summed E-state index contributed by atoms with van der Waals surface area (Å²) in [6, 6.07) is 0. The van der Waals surface area contributed by atoms with Crippen LogP contribution in [0.5, 0.6) is 0 Å². The van der Waals surface area contributed by atoms with Crippen LogP contribution in [0.3, 0.4) is 0 Å². The van der Waals surface area contributed by atoms with Gasteiger partial charge in [-0.2, -0.15) is 0 Å². The molecule has 8 heteroatoms. The normalized spacial score (nSPS) is 12.8. The molecule has 1 unspecified atom stereocenters. The highest BCUT2D eigenvalue weighted by molar-refractivity contribution is 5.92. The van der Waals surface area contributed by atoms with Crippen molar-refractivity contribution < 1.29 is 38.9 Å². The van der Waals surface area contributed by atoms with E-state index in [0.717, 1.165) is 38.0 Å². The number of carbonyl (C=O) groups is 4. The van der Waals surface area contributed by atoms with Crippen LogP contribution in [0.2, 0.25) is 0 Å². The lowest BCUT2D eigenvalue weighted by Gasteiger charge is -2.21. The molecule has 0 saturated carbocycles. The van der Waals surface area contributed by atoms with Crippen molar-refractivity contribution in [1.82, 2.24) is 0 Å². The standard InChI is InChI=1S/C28H50O8/c1-4-5-15-19-24(29)36-26(31)22-28(34,27(32)33)21-25(30)35-20-17-14-12-10-8-6-7-9-11-13-16-18-23(2)3/h23,34H,4-22H2,1-3H3,(H,32,33). The summed E-state index contributed by atoms with van der Waals surface area (Å²) in [4.78, 5) is 47.0. The Bertz CT molecular complexity index is 631. The third-order valence-corrected chi connectivity index (χ3v) is 6.17. The summed E-state index contributed by atoms with van der Waals surface area (Å²) in [5.74, 6) is -3.81. The van der Waals surface area contributed by atoms with Crippen molar-refractivity contribution >= 4 is 23.9 Å². The van der Waals surface area contributed by atoms with E-state index in [0.29, 0.717) is 12.8 Å². The van der Waals surface area contributed by atoms with E-state index in [1.54, 1.807) is 0 Å². The first-order chi connectivity index (χ1) is 17.1. The number of ether oxygens (including phenoxy) is 2. The molecule has 0 heterocycles. The first-order valence-corrected chi connectivity index (χ1v) is 14.0. The lowest BCUT2D eigenvalue weighted by molar-refractivity contribution is -0.175. The molecule has 0 aliphatic carbocycles. The molecule has 8 nitrogen and oxygen atoms in total. The molecule has 36 heavy (non-hydrogen) atoms. The summed E-state index contributed by atoms with van der Waals surface area (Å²) in [6.45, 7) is 6.63. The lowest BCUT2D eigenvalue weighted by atomic mass is 9.96. The SMILES string of the molecule is CCCCCC(=O)OC(=O)CC(O)(CC(=O)OCCCCCCCCCCCCCC(C)C)C(=O)O. The molecule has 1 atom stereocenters. The Hall–Kier alpha value is -1.96. The molecule has 210 valence electrons. The number of aliphatic carboxylic acids is 1. The number of carboxylic acids is 1. The van der Waals surface area contributed by atoms with Crippen LogP contribution in [-0.2, 0) is 28.7 Å². The van der Waals surface area contributed by atoms with Crippen molar-refractivity contribution in [3.63, 3.8) is 0 Å². The van der Waals surface area contributed by atoms with Gasteiger partial charge in [-0.05, 0) is 18.8 Å². The van der Waals surface area contributed by atoms with Crippen molar-refractivity contribution in [2.45, 2.75) is 142 Å². The molecule has 0 aliphatic rings. The predicted molar refractivity (Wildman–Crippen MR) is 138 cm³/mol. The quantitative estimate of drug-likeness (QED) is 0.0949. The van der Waals surface area contributed by atoms with Gasteiger partial charge in [0.05, 0.1) is 19.4 Å². The van der Waals surface area contributed by atoms with E-state index in [2.05, 4.69) is 18.6 Å². The molecule has 0 bridgehead atoms. The number of unbranched alkanes of at least 4 members (excludes halogenated alkanes) is 12. The van der Waals surface area contributed by atoms with Gasteiger partial charge in [0.2, 0.25) is 0 Å². The average molecular weight is 515 g/mol. The van der Waals surface area contributed by atoms with Crippen LogP contribution in [-0.4, -0.2) is 46.3 Å². The first kappa shape index (κ1) is 34.0. The third kappa shape index (κ3) is 19.3. The fourth-order valence-corrected chi connectivity index (χ4v) is 3.91. The maximum atomic E-state index is 12.0. The molecule has 0 spiro atoms. The Morgan fingerprint density at radius 2 is 1.19 bits per heavy atom. The van der Waals surface area contributed by atoms with Crippen molar-refractivity contribution in [2.75, 3.05) is 6.61 Å². The van der Waals surface area contributed by atoms with Crippen LogP contribution in [0.4, 0.5) is 0 Å². The summed E-state index contributed by atoms with van der Waals surface area (Å²) >= 11 is 0. The van der Waals surface area contributed by atoms with Gasteiger partial charge < -0.3 is 19.7 Å². The average Bonchev–Trinajstić information content (AvgIpc) is 2.78. The van der Waals surface area contributed by atoms with Crippen molar-refractivity contribution in [1.29, 1.82) is 0 Å². The van der Waals surface area contributed by atoms with Crippen LogP contribution in [0.1, 0.15) is 136 Å². The second-order valence-electron chi connectivity index (χ2n) is 10.3. The first-order valence-electron chi connectivity index (χ1n) is 14.0. The molecule has 0 rings (SSSR count). The van der Waals surface area contributed by atoms with Crippen molar-refractivity contribution in [2.24, 2.45) is 5.92 Å². The van der Waals surface area contributed by atoms with Gasteiger partial charge in [-0.3, -0.25) is 14.4 Å². The molecule has 0 aromatic rings. The Morgan fingerprint density at radius 3 is 1.69 bits per heavy atom. The van der Waals surface area contributed by atoms with E-state index < -0.39 is 42.3 Å². The summed E-state index contributed by atoms with van der Waals surface area (Å²) in [5, 5.41) is 19.6. The number of carbonyl (C=O) groups excluding carboxylic acids is 3. The maximum absolute atomic E-state index is 12.0. The van der Waals surface area contributed by atoms with Gasteiger partial charge in [0.1, 0.15) is 0 Å². The summed E-state index contributed by atoms with van der Waals surface area (Å²) in [6.07, 6.45) is 14.5. The monoisotopic (exact) mass is 514 g/mol. The Morgan fingerprint density at radius 1 is 0.694 bits per heavy atom. The lowest BCUT2D eigenvalue weighted by Crippen LogP contribution is -2.43. The molecule has 0 amide bonds. The Labute approximate surface area is 217 Å². The van der Waals surface area contributed by atoms with Gasteiger partial charge in [0.25, 0.3) is 0 Å². The Balaban J connectivity index is 3.94. The Kier molecular flexibility index (Phi) is 20.0. The van der Waals surface area contributed by atoms with E-state index in [-0.39, 0.29) is 13.0 Å². The van der Waals surface area contributed by atoms with Gasteiger partial charge in [0.15, 0.2) is 5.60 Å². The summed E-state index contributed by atoms with van der Waals surface area (Å²) < 4.78 is 9.60. The van der Waals surface area contributed by atoms with Gasteiger partial charge in [-0.15, -0.1) is 0 Å². The number of hydrogen-bond acceptors (Lipinski definition) is 7. The van der Waals surface area contributed by atoms with Gasteiger partial charge in [0, 0.05) is 6.42 Å². The van der Waals surface area contributed by atoms with E-state index in [4.69, 9.17) is 4.74 Å². The minimum atomic E-state index is -2.67. The molecule has 2 N–H and O–H groups in total. The zero-order valence-electron chi connectivity index (χ0n) is 22.9. The topological polar surface area (TPSA) is 127 Å². The minimum absolute atomic E-state index is 0.0334. The highest BCUT2D eigenvalue weighted by Gasteiger charge is 2.42. The second-order valence-corrected chi connectivity index (χ2v) is 10.3. The number of carboxylic acid groups (broad SMARTS) is 1. The number of hydrogen-bond donors (Lipinski definition) is 2. The fraction of sp³-hybridized carbons (Fsp3) is 0.857. The zero-order valence-corrected chi connectivity index (χ0v) is 22.9. The van der Waals surface area contributed by atoms with Crippen LogP contribution in [0.25, 0.3) is 0 Å². The van der Waals surface area contributed by atoms with E-state index in [1.165, 1.54) is 51.4 Å². The maximum Gasteiger partial charge on any atom is 0.336 e. The van der Waals surface area contributed by atoms with Crippen LogP contribution in [0.15, 0.2) is 0 Å². The summed E-state index contributed by atoms with van der Waals surface area (Å²) in [5.41, 5.74) is -2.67. The van der Waals surface area contributed by atoms with Gasteiger partial charge in [-0.1, -0.05) is 104 Å². The summed E-state index contributed by atoms with van der Waals surface area (Å²) in [7, 11) is 0. The fourth-order valence-electron chi connectivity index (χ4n) is 3.91. The van der Waals surface area contributed by atoms with Gasteiger partial charge in [-0.25, -0.2) is 4.79 Å². The molecular formula is C28H50O8. The van der Waals surface area contributed by atoms with Crippen molar-refractivity contribution in [3.05, 3.63) is 0 Å².